The second-order valence-electron chi connectivity index (χ2n) is 15.1. The van der Waals surface area contributed by atoms with Crippen LogP contribution in [0.15, 0.2) is 0 Å². The number of aliphatic hydroxyl groups is 1. The van der Waals surface area contributed by atoms with Crippen molar-refractivity contribution in [2.24, 2.45) is 56.2 Å². The summed E-state index contributed by atoms with van der Waals surface area (Å²) in [5.41, 5.74) is 0.953. The first-order valence-electron chi connectivity index (χ1n) is 14.2. The lowest BCUT2D eigenvalue weighted by atomic mass is 9.25. The minimum Gasteiger partial charge on any atom is -0.393 e. The molecule has 4 fully saturated rings. The van der Waals surface area contributed by atoms with E-state index in [0.29, 0.717) is 35.4 Å². The molecule has 0 aromatic carbocycles. The molecule has 4 aliphatic rings. The molecule has 0 saturated heterocycles. The number of aliphatic hydroxyl groups excluding tert-OH is 1. The lowest BCUT2D eigenvalue weighted by Gasteiger charge is -2.80. The van der Waals surface area contributed by atoms with Crippen LogP contribution in [0.4, 0.5) is 0 Å². The summed E-state index contributed by atoms with van der Waals surface area (Å²) in [5, 5.41) is 12.2. The van der Waals surface area contributed by atoms with Crippen LogP contribution in [0, 0.1) is 56.2 Å². The summed E-state index contributed by atoms with van der Waals surface area (Å²) >= 11 is 0. The van der Waals surface area contributed by atoms with E-state index in [-0.39, 0.29) is 33.2 Å². The molecule has 0 heterocycles. The van der Waals surface area contributed by atoms with Crippen molar-refractivity contribution in [1.82, 2.24) is 0 Å². The fraction of sp³-hybridized carbons (Fsp3) is 0.968. The van der Waals surface area contributed by atoms with Gasteiger partial charge in [0.25, 0.3) is 0 Å². The van der Waals surface area contributed by atoms with Crippen molar-refractivity contribution in [3.63, 3.8) is 0 Å². The summed E-state index contributed by atoms with van der Waals surface area (Å²) < 4.78 is 0. The largest absolute Gasteiger partial charge is 0.393 e. The van der Waals surface area contributed by atoms with Gasteiger partial charge in [0.1, 0.15) is 5.78 Å². The normalized spacial score (nSPS) is 57.1. The number of Topliss-reactive ketones (excluding diaryl/α,β-unsaturated/α-hetero) is 1. The van der Waals surface area contributed by atoms with Gasteiger partial charge in [0.2, 0.25) is 0 Å². The highest BCUT2D eigenvalue weighted by Gasteiger charge is 2.80. The molecule has 2 nitrogen and oxygen atoms in total. The predicted molar refractivity (Wildman–Crippen MR) is 138 cm³/mol. The van der Waals surface area contributed by atoms with Gasteiger partial charge in [-0.2, -0.15) is 0 Å². The van der Waals surface area contributed by atoms with E-state index >= 15 is 0 Å². The van der Waals surface area contributed by atoms with Crippen molar-refractivity contribution in [2.75, 3.05) is 0 Å². The molecule has 4 rings (SSSR count). The standard InChI is InChI=1S/C31H54O2/c1-20-13-15-27(6)26(5,17-20)18-22(3)31(10)28(7)16-14-24(21(2)11-12-23(4)32)30(28,9)25(33)19-29(27,31)8/h20-22,24-25,33H,11-19H2,1-10H3/t20-,21-,22-,24-,25+,26+,27+,28-,29-,30+,31+/m1/s1. The summed E-state index contributed by atoms with van der Waals surface area (Å²) in [7, 11) is 0. The van der Waals surface area contributed by atoms with Crippen molar-refractivity contribution < 1.29 is 9.90 Å². The lowest BCUT2D eigenvalue weighted by Crippen LogP contribution is -2.75. The van der Waals surface area contributed by atoms with Crippen LogP contribution in [-0.2, 0) is 4.79 Å². The van der Waals surface area contributed by atoms with Gasteiger partial charge < -0.3 is 9.90 Å². The van der Waals surface area contributed by atoms with E-state index in [1.165, 1.54) is 38.5 Å². The minimum absolute atomic E-state index is 0.0855. The third-order valence-electron chi connectivity index (χ3n) is 14.4. The molecule has 0 spiro atoms. The highest BCUT2D eigenvalue weighted by atomic mass is 16.3. The summed E-state index contributed by atoms with van der Waals surface area (Å²) in [6.07, 6.45) is 10.1. The van der Waals surface area contributed by atoms with Crippen LogP contribution in [0.1, 0.15) is 127 Å². The van der Waals surface area contributed by atoms with Crippen LogP contribution in [-0.4, -0.2) is 17.0 Å². The lowest BCUT2D eigenvalue weighted by molar-refractivity contribution is -0.331. The number of carbonyl (C=O) groups excluding carboxylic acids is 1. The molecule has 0 amide bonds. The first-order chi connectivity index (χ1) is 15.0. The predicted octanol–water partition coefficient (Wildman–Crippen LogP) is 8.06. The molecule has 2 heteroatoms. The highest BCUT2D eigenvalue weighted by molar-refractivity contribution is 5.75. The average Bonchev–Trinajstić information content (AvgIpc) is 3.00. The Hall–Kier alpha value is -0.370. The second kappa shape index (κ2) is 7.57. The summed E-state index contributed by atoms with van der Waals surface area (Å²) in [6.45, 7) is 24.7. The summed E-state index contributed by atoms with van der Waals surface area (Å²) in [6, 6.07) is 0. The van der Waals surface area contributed by atoms with Crippen molar-refractivity contribution in [1.29, 1.82) is 0 Å². The van der Waals surface area contributed by atoms with Crippen molar-refractivity contribution in [2.45, 2.75) is 133 Å². The zero-order valence-electron chi connectivity index (χ0n) is 23.6. The Balaban J connectivity index is 1.82. The molecule has 0 aromatic heterocycles. The molecular formula is C31H54O2. The van der Waals surface area contributed by atoms with Crippen molar-refractivity contribution in [3.05, 3.63) is 0 Å². The number of hydrogen-bond acceptors (Lipinski definition) is 2. The topological polar surface area (TPSA) is 37.3 Å². The van der Waals surface area contributed by atoms with Crippen molar-refractivity contribution >= 4 is 5.78 Å². The first-order valence-corrected chi connectivity index (χ1v) is 14.2. The average molecular weight is 459 g/mol. The minimum atomic E-state index is -0.265. The van der Waals surface area contributed by atoms with Gasteiger partial charge in [-0.25, -0.2) is 0 Å². The van der Waals surface area contributed by atoms with Crippen LogP contribution in [0.2, 0.25) is 0 Å². The van der Waals surface area contributed by atoms with E-state index in [4.69, 9.17) is 0 Å². The van der Waals surface area contributed by atoms with E-state index in [9.17, 15) is 9.90 Å². The quantitative estimate of drug-likeness (QED) is 0.462. The molecule has 0 bridgehead atoms. The van der Waals surface area contributed by atoms with E-state index in [1.54, 1.807) is 6.92 Å². The Morgan fingerprint density at radius 3 is 2.12 bits per heavy atom. The smallest absolute Gasteiger partial charge is 0.129 e. The third-order valence-corrected chi connectivity index (χ3v) is 14.4. The van der Waals surface area contributed by atoms with Gasteiger partial charge in [-0.1, -0.05) is 68.7 Å². The summed E-state index contributed by atoms with van der Waals surface area (Å²) in [5.74, 6) is 2.75. The molecule has 0 unspecified atom stereocenters. The van der Waals surface area contributed by atoms with Gasteiger partial charge in [-0.3, -0.25) is 0 Å². The van der Waals surface area contributed by atoms with Crippen molar-refractivity contribution in [3.8, 4) is 0 Å². The van der Waals surface area contributed by atoms with E-state index < -0.39 is 0 Å². The monoisotopic (exact) mass is 458 g/mol. The number of hydrogen-bond donors (Lipinski definition) is 1. The van der Waals surface area contributed by atoms with Gasteiger partial charge in [-0.05, 0) is 103 Å². The van der Waals surface area contributed by atoms with Crippen LogP contribution >= 0.6 is 0 Å². The molecule has 0 aliphatic heterocycles. The Kier molecular flexibility index (Phi) is 5.90. The molecule has 4 aliphatic carbocycles. The Morgan fingerprint density at radius 1 is 0.909 bits per heavy atom. The molecular weight excluding hydrogens is 404 g/mol. The van der Waals surface area contributed by atoms with Crippen LogP contribution < -0.4 is 0 Å². The molecule has 33 heavy (non-hydrogen) atoms. The third kappa shape index (κ3) is 2.85. The van der Waals surface area contributed by atoms with Crippen LogP contribution in [0.5, 0.6) is 0 Å². The molecule has 1 N–H and O–H groups in total. The van der Waals surface area contributed by atoms with Gasteiger partial charge in [0.05, 0.1) is 6.10 Å². The Bertz CT molecular complexity index is 805. The first kappa shape index (κ1) is 25.7. The summed E-state index contributed by atoms with van der Waals surface area (Å²) in [4.78, 5) is 11.8. The van der Waals surface area contributed by atoms with E-state index in [2.05, 4.69) is 62.3 Å². The van der Waals surface area contributed by atoms with E-state index in [1.807, 2.05) is 0 Å². The molecule has 11 atom stereocenters. The molecule has 4 saturated carbocycles. The van der Waals surface area contributed by atoms with Gasteiger partial charge in [0.15, 0.2) is 0 Å². The SMILES string of the molecule is CC(=O)CC[C@@H](C)[C@H]1CC[C@]2(C)[C@]1(C)[C@@H](O)C[C@]1(C)[C@@]3(C)CC[C@@H](C)C[C@@]3(C)C[C@@H](C)[C@@]21C. The fourth-order valence-corrected chi connectivity index (χ4v) is 11.7. The maximum atomic E-state index is 12.2. The van der Waals surface area contributed by atoms with Crippen LogP contribution in [0.25, 0.3) is 0 Å². The van der Waals surface area contributed by atoms with E-state index in [0.717, 1.165) is 18.8 Å². The Morgan fingerprint density at radius 2 is 1.52 bits per heavy atom. The maximum Gasteiger partial charge on any atom is 0.129 e. The fourth-order valence-electron chi connectivity index (χ4n) is 11.7. The number of rotatable bonds is 4. The number of fused-ring (bicyclic) bond motifs is 5. The highest BCUT2D eigenvalue weighted by Crippen LogP contribution is 2.85. The zero-order chi connectivity index (χ0) is 24.8. The van der Waals surface area contributed by atoms with Gasteiger partial charge >= 0.3 is 0 Å². The van der Waals surface area contributed by atoms with Gasteiger partial charge in [0, 0.05) is 11.8 Å². The number of carbonyl (C=O) groups is 1. The molecule has 0 aromatic rings. The van der Waals surface area contributed by atoms with Gasteiger partial charge in [-0.15, -0.1) is 0 Å². The molecule has 0 radical (unpaired) electrons. The maximum absolute atomic E-state index is 12.2. The second-order valence-corrected chi connectivity index (χ2v) is 15.1. The number of ketones is 1. The Labute approximate surface area is 205 Å². The molecule has 190 valence electrons. The zero-order valence-corrected chi connectivity index (χ0v) is 23.6. The van der Waals surface area contributed by atoms with Crippen LogP contribution in [0.3, 0.4) is 0 Å².